The number of halogens is 3. The second-order valence-corrected chi connectivity index (χ2v) is 12.6. The summed E-state index contributed by atoms with van der Waals surface area (Å²) in [6.45, 7) is 6.23. The number of rotatable bonds is 8. The van der Waals surface area contributed by atoms with Crippen molar-refractivity contribution in [2.45, 2.75) is 50.9 Å². The van der Waals surface area contributed by atoms with E-state index in [1.807, 2.05) is 6.92 Å². The van der Waals surface area contributed by atoms with Gasteiger partial charge in [-0.3, -0.25) is 9.52 Å². The number of amides is 3. The van der Waals surface area contributed by atoms with Gasteiger partial charge in [-0.2, -0.15) is 13.2 Å². The quantitative estimate of drug-likeness (QED) is 0.321. The van der Waals surface area contributed by atoms with E-state index in [4.69, 9.17) is 9.26 Å². The van der Waals surface area contributed by atoms with Crippen LogP contribution < -0.4 is 14.8 Å². The summed E-state index contributed by atoms with van der Waals surface area (Å²) in [5.41, 5.74) is -0.419. The summed E-state index contributed by atoms with van der Waals surface area (Å²) in [5, 5.41) is 16.1. The summed E-state index contributed by atoms with van der Waals surface area (Å²) in [4.78, 5) is 29.3. The lowest BCUT2D eigenvalue weighted by Gasteiger charge is -2.38. The highest BCUT2D eigenvalue weighted by molar-refractivity contribution is 7.92. The molecular weight excluding hydrogens is 619 g/mol. The maximum atomic E-state index is 13.7. The van der Waals surface area contributed by atoms with Crippen LogP contribution in [0.3, 0.4) is 0 Å². The Balaban J connectivity index is 1.59. The van der Waals surface area contributed by atoms with Crippen molar-refractivity contribution in [2.75, 3.05) is 36.8 Å². The summed E-state index contributed by atoms with van der Waals surface area (Å²) >= 11 is 0. The van der Waals surface area contributed by atoms with Crippen molar-refractivity contribution in [1.82, 2.24) is 15.0 Å². The molecule has 2 heterocycles. The number of urea groups is 1. The fourth-order valence-corrected chi connectivity index (χ4v) is 6.26. The molecule has 3 atom stereocenters. The van der Waals surface area contributed by atoms with Gasteiger partial charge in [0.05, 0.1) is 30.3 Å². The number of ether oxygens (including phenoxy) is 1. The van der Waals surface area contributed by atoms with E-state index in [9.17, 15) is 36.3 Å². The van der Waals surface area contributed by atoms with Crippen molar-refractivity contribution in [2.24, 2.45) is 5.92 Å². The number of hydrogen-bond donors (Lipinski definition) is 3. The van der Waals surface area contributed by atoms with Gasteiger partial charge in [0.1, 0.15) is 17.5 Å². The van der Waals surface area contributed by atoms with Gasteiger partial charge in [-0.15, -0.1) is 0 Å². The van der Waals surface area contributed by atoms with Gasteiger partial charge in [0.25, 0.3) is 15.9 Å². The zero-order chi connectivity index (χ0) is 33.3. The van der Waals surface area contributed by atoms with E-state index < -0.39 is 45.8 Å². The average molecular weight is 654 g/mol. The third kappa shape index (κ3) is 7.50. The van der Waals surface area contributed by atoms with Gasteiger partial charge in [-0.05, 0) is 63.2 Å². The molecule has 1 aliphatic heterocycles. The monoisotopic (exact) mass is 653 g/mol. The van der Waals surface area contributed by atoms with Crippen molar-refractivity contribution in [3.8, 4) is 5.75 Å². The lowest BCUT2D eigenvalue weighted by atomic mass is 9.99. The van der Waals surface area contributed by atoms with Crippen LogP contribution in [-0.2, 0) is 16.2 Å². The first-order chi connectivity index (χ1) is 21.0. The van der Waals surface area contributed by atoms with Gasteiger partial charge < -0.3 is 29.5 Å². The smallest absolute Gasteiger partial charge is 0.416 e. The molecule has 1 aromatic heterocycles. The molecule has 0 fully saturated rings. The molecule has 0 saturated carbocycles. The molecule has 1 aliphatic rings. The highest BCUT2D eigenvalue weighted by atomic mass is 32.2. The number of carbonyl (C=O) groups is 2. The third-order valence-corrected chi connectivity index (χ3v) is 9.04. The van der Waals surface area contributed by atoms with E-state index in [2.05, 4.69) is 15.2 Å². The molecule has 12 nitrogen and oxygen atoms in total. The molecule has 0 spiro atoms. The van der Waals surface area contributed by atoms with E-state index in [1.165, 1.54) is 48.9 Å². The number of fused-ring (bicyclic) bond motifs is 1. The van der Waals surface area contributed by atoms with Crippen molar-refractivity contribution < 1.29 is 45.5 Å². The normalized spacial score (nSPS) is 17.9. The van der Waals surface area contributed by atoms with E-state index in [-0.39, 0.29) is 64.7 Å². The number of carbonyl (C=O) groups excluding carboxylic acids is 2. The van der Waals surface area contributed by atoms with Crippen LogP contribution in [0.25, 0.3) is 0 Å². The Morgan fingerprint density at radius 3 is 2.40 bits per heavy atom. The molecule has 0 radical (unpaired) electrons. The number of benzene rings is 2. The van der Waals surface area contributed by atoms with E-state index in [0.29, 0.717) is 0 Å². The average Bonchev–Trinajstić information content (AvgIpc) is 3.32. The molecule has 16 heteroatoms. The Bertz CT molecular complexity index is 1640. The van der Waals surface area contributed by atoms with Gasteiger partial charge in [-0.25, -0.2) is 13.2 Å². The van der Waals surface area contributed by atoms with Gasteiger partial charge >= 0.3 is 12.2 Å². The Morgan fingerprint density at radius 1 is 1.18 bits per heavy atom. The zero-order valence-corrected chi connectivity index (χ0v) is 26.0. The summed E-state index contributed by atoms with van der Waals surface area (Å²) in [6, 6.07) is 7.02. The zero-order valence-electron chi connectivity index (χ0n) is 25.2. The van der Waals surface area contributed by atoms with E-state index in [0.717, 1.165) is 24.3 Å². The maximum absolute atomic E-state index is 13.7. The van der Waals surface area contributed by atoms with Gasteiger partial charge in [0.2, 0.25) is 0 Å². The predicted octanol–water partition coefficient (Wildman–Crippen LogP) is 4.50. The number of aryl methyl sites for hydroxylation is 2. The number of nitrogens with zero attached hydrogens (tertiary/aromatic N) is 3. The van der Waals surface area contributed by atoms with Crippen LogP contribution >= 0.6 is 0 Å². The first-order valence-electron chi connectivity index (χ1n) is 13.9. The molecule has 0 unspecified atom stereocenters. The number of sulfonamides is 1. The van der Waals surface area contributed by atoms with Crippen molar-refractivity contribution in [3.63, 3.8) is 0 Å². The Kier molecular flexibility index (Phi) is 9.68. The molecule has 0 saturated heterocycles. The van der Waals surface area contributed by atoms with Gasteiger partial charge in [0, 0.05) is 30.9 Å². The van der Waals surface area contributed by atoms with Crippen LogP contribution in [0.5, 0.6) is 5.75 Å². The number of nitrogens with one attached hydrogen (secondary N) is 2. The fraction of sp³-hybridized carbons (Fsp3) is 0.414. The Morgan fingerprint density at radius 2 is 1.82 bits per heavy atom. The number of aromatic nitrogens is 1. The number of hydrogen-bond acceptors (Lipinski definition) is 8. The molecule has 3 N–H and O–H groups in total. The largest absolute Gasteiger partial charge is 0.487 e. The number of aliphatic hydroxyl groups is 1. The maximum Gasteiger partial charge on any atom is 0.416 e. The molecule has 2 aromatic carbocycles. The fourth-order valence-electron chi connectivity index (χ4n) is 4.88. The highest BCUT2D eigenvalue weighted by Crippen LogP contribution is 2.33. The summed E-state index contributed by atoms with van der Waals surface area (Å²) in [7, 11) is -2.64. The summed E-state index contributed by atoms with van der Waals surface area (Å²) in [5.74, 6) is -0.626. The van der Waals surface area contributed by atoms with Crippen LogP contribution in [0.1, 0.15) is 41.2 Å². The van der Waals surface area contributed by atoms with Crippen LogP contribution in [0, 0.1) is 19.8 Å². The molecule has 0 aliphatic carbocycles. The van der Waals surface area contributed by atoms with Crippen molar-refractivity contribution >= 4 is 33.3 Å². The van der Waals surface area contributed by atoms with E-state index in [1.54, 1.807) is 6.92 Å². The molecule has 3 aromatic rings. The van der Waals surface area contributed by atoms with E-state index >= 15 is 0 Å². The molecule has 0 bridgehead atoms. The topological polar surface area (TPSA) is 154 Å². The van der Waals surface area contributed by atoms with Gasteiger partial charge in [0.15, 0.2) is 10.7 Å². The number of alkyl halides is 3. The van der Waals surface area contributed by atoms with Gasteiger partial charge in [-0.1, -0.05) is 12.1 Å². The SMILES string of the molecule is Cc1noc(C)c1S(=O)(=O)Nc1ccc2c(c1)C(=O)N([C@@H](C)CO)C[C@H](C)[C@@H](CN(C)C(=O)Nc1ccc(C(F)(F)F)cc1)O2. The molecule has 244 valence electrons. The second kappa shape index (κ2) is 13.0. The standard InChI is InChI=1S/C29H34F3N5O7S/c1-16-13-37(17(2)15-38)27(39)23-12-22(35-45(41,42)26-18(3)34-44-19(26)4)10-11-24(23)43-25(16)14-36(5)28(40)33-21-8-6-20(7-9-21)29(30,31)32/h6-12,16-17,25,35,38H,13-15H2,1-5H3,(H,33,40)/t16-,17-,25+/m0/s1. The molecule has 4 rings (SSSR count). The molecule has 45 heavy (non-hydrogen) atoms. The minimum absolute atomic E-state index is 0.0169. The minimum atomic E-state index is -4.51. The predicted molar refractivity (Wildman–Crippen MR) is 157 cm³/mol. The van der Waals surface area contributed by atoms with Crippen LogP contribution in [0.15, 0.2) is 51.9 Å². The summed E-state index contributed by atoms with van der Waals surface area (Å²) < 4.78 is 78.6. The van der Waals surface area contributed by atoms with Crippen LogP contribution in [-0.4, -0.2) is 79.3 Å². The molecular formula is C29H34F3N5O7S. The summed E-state index contributed by atoms with van der Waals surface area (Å²) in [6.07, 6.45) is -5.19. The van der Waals surface area contributed by atoms with Crippen LogP contribution in [0.2, 0.25) is 0 Å². The van der Waals surface area contributed by atoms with Crippen molar-refractivity contribution in [1.29, 1.82) is 0 Å². The lowest BCUT2D eigenvalue weighted by Crippen LogP contribution is -2.50. The number of anilines is 2. The van der Waals surface area contributed by atoms with Crippen LogP contribution in [0.4, 0.5) is 29.3 Å². The third-order valence-electron chi connectivity index (χ3n) is 7.42. The number of aliphatic hydroxyl groups excluding tert-OH is 1. The Labute approximate surface area is 258 Å². The first-order valence-corrected chi connectivity index (χ1v) is 15.4. The second-order valence-electron chi connectivity index (χ2n) is 11.0. The molecule has 3 amide bonds. The highest BCUT2D eigenvalue weighted by Gasteiger charge is 2.35. The first kappa shape index (κ1) is 33.6. The van der Waals surface area contributed by atoms with Crippen molar-refractivity contribution in [3.05, 3.63) is 65.0 Å². The lowest BCUT2D eigenvalue weighted by molar-refractivity contribution is -0.137. The number of likely N-dealkylation sites (N-methyl/N-ethyl adjacent to an activating group) is 1. The Hall–Kier alpha value is -4.31. The minimum Gasteiger partial charge on any atom is -0.487 e.